The van der Waals surface area contributed by atoms with Gasteiger partial charge in [-0.1, -0.05) is 0 Å². The Balaban J connectivity index is 1.77. The van der Waals surface area contributed by atoms with Gasteiger partial charge in [-0.15, -0.1) is 0 Å². The van der Waals surface area contributed by atoms with Crippen LogP contribution in [0.5, 0.6) is 0 Å². The molecular weight excluding hydrogens is 278 g/mol. The van der Waals surface area contributed by atoms with Gasteiger partial charge < -0.3 is 4.74 Å². The van der Waals surface area contributed by atoms with Crippen molar-refractivity contribution in [2.75, 3.05) is 0 Å². The maximum Gasteiger partial charge on any atom is 0.243 e. The van der Waals surface area contributed by atoms with Crippen LogP contribution < -0.4 is 4.72 Å². The quantitative estimate of drug-likeness (QED) is 0.830. The third-order valence-electron chi connectivity index (χ3n) is 3.32. The number of ether oxygens (including phenoxy) is 1. The van der Waals surface area contributed by atoms with Gasteiger partial charge in [-0.25, -0.2) is 23.1 Å². The zero-order valence-corrected chi connectivity index (χ0v) is 11.0. The summed E-state index contributed by atoms with van der Waals surface area (Å²) in [6.45, 7) is 0. The zero-order chi connectivity index (χ0) is 12.8. The molecule has 98 valence electrons. The maximum atomic E-state index is 12.1. The van der Waals surface area contributed by atoms with Gasteiger partial charge in [-0.05, 0) is 30.9 Å². The summed E-state index contributed by atoms with van der Waals surface area (Å²) in [5.41, 5.74) is 0. The molecular formula is C10H12ClN3O3S. The largest absolute Gasteiger partial charge is 0.373 e. The van der Waals surface area contributed by atoms with Gasteiger partial charge in [0, 0.05) is 0 Å². The third-order valence-corrected chi connectivity index (χ3v) is 4.96. The summed E-state index contributed by atoms with van der Waals surface area (Å²) >= 11 is 5.53. The van der Waals surface area contributed by atoms with Gasteiger partial charge in [0.05, 0.1) is 30.6 Å². The van der Waals surface area contributed by atoms with Crippen molar-refractivity contribution in [2.24, 2.45) is 0 Å². The van der Waals surface area contributed by atoms with E-state index in [0.29, 0.717) is 0 Å². The topological polar surface area (TPSA) is 81.2 Å². The van der Waals surface area contributed by atoms with Gasteiger partial charge in [0.1, 0.15) is 4.90 Å². The molecule has 0 aliphatic carbocycles. The summed E-state index contributed by atoms with van der Waals surface area (Å²) in [6.07, 6.45) is 5.26. The third kappa shape index (κ3) is 2.23. The first-order valence-corrected chi connectivity index (χ1v) is 7.56. The highest BCUT2D eigenvalue weighted by atomic mass is 35.5. The number of fused-ring (bicyclic) bond motifs is 2. The van der Waals surface area contributed by atoms with E-state index in [1.807, 2.05) is 0 Å². The molecule has 0 radical (unpaired) electrons. The summed E-state index contributed by atoms with van der Waals surface area (Å²) < 4.78 is 32.4. The lowest BCUT2D eigenvalue weighted by Gasteiger charge is -2.19. The molecule has 0 saturated carbocycles. The molecule has 18 heavy (non-hydrogen) atoms. The lowest BCUT2D eigenvalue weighted by Crippen LogP contribution is -2.41. The minimum Gasteiger partial charge on any atom is -0.373 e. The van der Waals surface area contributed by atoms with Crippen LogP contribution in [-0.2, 0) is 14.8 Å². The molecule has 2 fully saturated rings. The molecule has 1 aromatic rings. The van der Waals surface area contributed by atoms with Crippen LogP contribution in [0.4, 0.5) is 0 Å². The molecule has 6 nitrogen and oxygen atoms in total. The van der Waals surface area contributed by atoms with Crippen LogP contribution in [0.25, 0.3) is 0 Å². The number of sulfonamides is 1. The van der Waals surface area contributed by atoms with E-state index in [1.54, 1.807) is 0 Å². The molecule has 3 heterocycles. The standard InChI is InChI=1S/C10H12ClN3O3S/c11-10-12-4-7(5-13-10)18(15,16)14-8-3-6-1-2-9(8)17-6/h4-6,8-9,14H,1-3H2. The smallest absolute Gasteiger partial charge is 0.243 e. The first-order chi connectivity index (χ1) is 8.54. The molecule has 0 spiro atoms. The highest BCUT2D eigenvalue weighted by Crippen LogP contribution is 2.34. The molecule has 2 bridgehead atoms. The molecule has 0 aromatic carbocycles. The molecule has 3 atom stereocenters. The van der Waals surface area contributed by atoms with Gasteiger partial charge >= 0.3 is 0 Å². The normalized spacial score (nSPS) is 30.8. The fraction of sp³-hybridized carbons (Fsp3) is 0.600. The molecule has 2 aliphatic heterocycles. The van der Waals surface area contributed by atoms with Crippen molar-refractivity contribution in [3.8, 4) is 0 Å². The Morgan fingerprint density at radius 3 is 2.61 bits per heavy atom. The number of aromatic nitrogens is 2. The number of halogens is 1. The van der Waals surface area contributed by atoms with Crippen LogP contribution in [0.3, 0.4) is 0 Å². The van der Waals surface area contributed by atoms with Crippen molar-refractivity contribution in [1.82, 2.24) is 14.7 Å². The molecule has 0 amide bonds. The summed E-state index contributed by atoms with van der Waals surface area (Å²) in [7, 11) is -3.60. The monoisotopic (exact) mass is 289 g/mol. The average Bonchev–Trinajstić information content (AvgIpc) is 2.91. The average molecular weight is 290 g/mol. The second kappa shape index (κ2) is 4.41. The molecule has 1 N–H and O–H groups in total. The fourth-order valence-electron chi connectivity index (χ4n) is 2.47. The van der Waals surface area contributed by atoms with Crippen LogP contribution in [0.1, 0.15) is 19.3 Å². The van der Waals surface area contributed by atoms with Crippen molar-refractivity contribution in [3.05, 3.63) is 17.7 Å². The van der Waals surface area contributed by atoms with Crippen molar-refractivity contribution in [1.29, 1.82) is 0 Å². The Labute approximate surface area is 110 Å². The van der Waals surface area contributed by atoms with Crippen LogP contribution >= 0.6 is 11.6 Å². The van der Waals surface area contributed by atoms with E-state index < -0.39 is 10.0 Å². The van der Waals surface area contributed by atoms with Crippen LogP contribution in [0.15, 0.2) is 17.3 Å². The van der Waals surface area contributed by atoms with Crippen LogP contribution in [-0.4, -0.2) is 36.6 Å². The lowest BCUT2D eigenvalue weighted by molar-refractivity contribution is 0.0996. The number of hydrogen-bond donors (Lipinski definition) is 1. The predicted molar refractivity (Wildman–Crippen MR) is 63.7 cm³/mol. The molecule has 2 saturated heterocycles. The van der Waals surface area contributed by atoms with E-state index in [1.165, 1.54) is 12.4 Å². The maximum absolute atomic E-state index is 12.1. The van der Waals surface area contributed by atoms with Crippen molar-refractivity contribution >= 4 is 21.6 Å². The summed E-state index contributed by atoms with van der Waals surface area (Å²) in [4.78, 5) is 7.37. The number of nitrogens with zero attached hydrogens (tertiary/aromatic N) is 2. The van der Waals surface area contributed by atoms with E-state index in [2.05, 4.69) is 14.7 Å². The van der Waals surface area contributed by atoms with Gasteiger partial charge in [-0.3, -0.25) is 0 Å². The first kappa shape index (κ1) is 12.3. The van der Waals surface area contributed by atoms with Crippen molar-refractivity contribution in [3.63, 3.8) is 0 Å². The number of rotatable bonds is 3. The van der Waals surface area contributed by atoms with Gasteiger partial charge in [-0.2, -0.15) is 0 Å². The highest BCUT2D eigenvalue weighted by molar-refractivity contribution is 7.89. The van der Waals surface area contributed by atoms with Crippen molar-refractivity contribution in [2.45, 2.75) is 42.4 Å². The summed E-state index contributed by atoms with van der Waals surface area (Å²) in [5, 5.41) is 0.0252. The summed E-state index contributed by atoms with van der Waals surface area (Å²) in [5.74, 6) is 0. The van der Waals surface area contributed by atoms with E-state index in [9.17, 15) is 8.42 Å². The van der Waals surface area contributed by atoms with Crippen LogP contribution in [0, 0.1) is 0 Å². The lowest BCUT2D eigenvalue weighted by atomic mass is 9.96. The van der Waals surface area contributed by atoms with E-state index in [-0.39, 0.29) is 28.4 Å². The van der Waals surface area contributed by atoms with E-state index in [4.69, 9.17) is 16.3 Å². The Kier molecular flexibility index (Phi) is 3.01. The molecule has 3 rings (SSSR count). The Morgan fingerprint density at radius 1 is 1.33 bits per heavy atom. The summed E-state index contributed by atoms with van der Waals surface area (Å²) in [6, 6.07) is -0.149. The Bertz CT molecular complexity index is 548. The molecule has 1 aromatic heterocycles. The van der Waals surface area contributed by atoms with E-state index >= 15 is 0 Å². The zero-order valence-electron chi connectivity index (χ0n) is 9.41. The second-order valence-electron chi connectivity index (χ2n) is 4.53. The molecule has 2 aliphatic rings. The van der Waals surface area contributed by atoms with Crippen molar-refractivity contribution < 1.29 is 13.2 Å². The van der Waals surface area contributed by atoms with Crippen LogP contribution in [0.2, 0.25) is 5.28 Å². The minimum atomic E-state index is -3.60. The van der Waals surface area contributed by atoms with E-state index in [0.717, 1.165) is 19.3 Å². The number of nitrogens with one attached hydrogen (secondary N) is 1. The second-order valence-corrected chi connectivity index (χ2v) is 6.58. The van der Waals surface area contributed by atoms with Gasteiger partial charge in [0.25, 0.3) is 0 Å². The minimum absolute atomic E-state index is 0.00186. The number of hydrogen-bond acceptors (Lipinski definition) is 5. The van der Waals surface area contributed by atoms with Gasteiger partial charge in [0.2, 0.25) is 15.3 Å². The Hall–Kier alpha value is -0.760. The molecule has 3 unspecified atom stereocenters. The first-order valence-electron chi connectivity index (χ1n) is 5.70. The predicted octanol–water partition coefficient (Wildman–Crippen LogP) is 0.728. The SMILES string of the molecule is O=S(=O)(NC1CC2CCC1O2)c1cnc(Cl)nc1. The van der Waals surface area contributed by atoms with Gasteiger partial charge in [0.15, 0.2) is 0 Å². The molecule has 8 heteroatoms. The highest BCUT2D eigenvalue weighted by Gasteiger charge is 2.42. The Morgan fingerprint density at radius 2 is 2.06 bits per heavy atom. The fourth-order valence-corrected chi connectivity index (χ4v) is 3.73.